The van der Waals surface area contributed by atoms with Crippen LogP contribution in [0, 0.1) is 13.8 Å². The molecule has 2 aromatic rings. The van der Waals surface area contributed by atoms with Crippen molar-refractivity contribution in [2.45, 2.75) is 71.5 Å². The Hall–Kier alpha value is -1.88. The van der Waals surface area contributed by atoms with Crippen LogP contribution in [0.2, 0.25) is 0 Å². The van der Waals surface area contributed by atoms with Gasteiger partial charge in [-0.15, -0.1) is 10.2 Å². The molecule has 0 unspecified atom stereocenters. The van der Waals surface area contributed by atoms with E-state index in [4.69, 9.17) is 4.74 Å². The van der Waals surface area contributed by atoms with E-state index in [0.717, 1.165) is 56.4 Å². The van der Waals surface area contributed by atoms with Crippen LogP contribution in [0.5, 0.6) is 5.75 Å². The topological polar surface area (TPSA) is 52.0 Å². The van der Waals surface area contributed by atoms with Crippen molar-refractivity contribution < 1.29 is 4.74 Å². The van der Waals surface area contributed by atoms with Gasteiger partial charge in [-0.05, 0) is 56.7 Å². The first kappa shape index (κ1) is 16.6. The molecule has 2 aliphatic heterocycles. The number of fused-ring (bicyclic) bond motifs is 2. The second-order valence-electron chi connectivity index (χ2n) is 7.39. The largest absolute Gasteiger partial charge is 0.493 e. The number of rotatable bonds is 3. The van der Waals surface area contributed by atoms with E-state index in [1.165, 1.54) is 36.0 Å². The summed E-state index contributed by atoms with van der Waals surface area (Å²) in [4.78, 5) is 0. The van der Waals surface area contributed by atoms with Crippen molar-refractivity contribution in [3.8, 4) is 5.75 Å². The third-order valence-electron chi connectivity index (χ3n) is 5.59. The molecule has 5 nitrogen and oxygen atoms in total. The number of benzene rings is 1. The zero-order chi connectivity index (χ0) is 17.2. The summed E-state index contributed by atoms with van der Waals surface area (Å²) >= 11 is 0. The first-order valence-electron chi connectivity index (χ1n) is 9.60. The molecule has 2 aliphatic rings. The monoisotopic (exact) mass is 340 g/mol. The molecule has 0 saturated carbocycles. The lowest BCUT2D eigenvalue weighted by Crippen LogP contribution is -2.23. The summed E-state index contributed by atoms with van der Waals surface area (Å²) in [5.41, 5.74) is 3.91. The number of hydrogen-bond acceptors (Lipinski definition) is 4. The van der Waals surface area contributed by atoms with Gasteiger partial charge in [0.25, 0.3) is 0 Å². The zero-order valence-corrected chi connectivity index (χ0v) is 15.3. The molecule has 0 spiro atoms. The van der Waals surface area contributed by atoms with E-state index in [-0.39, 0.29) is 0 Å². The normalized spacial score (nSPS) is 20.2. The van der Waals surface area contributed by atoms with E-state index in [1.807, 2.05) is 0 Å². The smallest absolute Gasteiger partial charge is 0.147 e. The number of ether oxygens (including phenoxy) is 1. The van der Waals surface area contributed by atoms with Crippen LogP contribution in [0.3, 0.4) is 0 Å². The van der Waals surface area contributed by atoms with E-state index in [2.05, 4.69) is 46.1 Å². The third-order valence-corrected chi connectivity index (χ3v) is 5.59. The standard InChI is InChI=1S/C20H28N4O/c1-14-11-16-17(7-6-10-25-18(16)12-15(14)2)21-13-20-23-22-19-8-4-3-5-9-24(19)20/h11-12,17,21H,3-10,13H2,1-2H3/t17-/m0/s1. The Labute approximate surface area is 149 Å². The maximum atomic E-state index is 5.99. The highest BCUT2D eigenvalue weighted by molar-refractivity contribution is 5.44. The van der Waals surface area contributed by atoms with Gasteiger partial charge in [0.05, 0.1) is 13.2 Å². The molecule has 0 bridgehead atoms. The molecule has 1 atom stereocenters. The van der Waals surface area contributed by atoms with Gasteiger partial charge in [-0.3, -0.25) is 0 Å². The Morgan fingerprint density at radius 1 is 1.12 bits per heavy atom. The Kier molecular flexibility index (Phi) is 4.75. The summed E-state index contributed by atoms with van der Waals surface area (Å²) < 4.78 is 8.31. The maximum Gasteiger partial charge on any atom is 0.147 e. The molecule has 134 valence electrons. The van der Waals surface area contributed by atoms with Crippen LogP contribution in [0.4, 0.5) is 0 Å². The summed E-state index contributed by atoms with van der Waals surface area (Å²) in [6.45, 7) is 6.95. The quantitative estimate of drug-likeness (QED) is 0.927. The Morgan fingerprint density at radius 2 is 2.00 bits per heavy atom. The molecule has 1 N–H and O–H groups in total. The van der Waals surface area contributed by atoms with Crippen LogP contribution >= 0.6 is 0 Å². The number of nitrogens with zero attached hydrogens (tertiary/aromatic N) is 3. The highest BCUT2D eigenvalue weighted by Crippen LogP contribution is 2.34. The number of aromatic nitrogens is 3. The lowest BCUT2D eigenvalue weighted by atomic mass is 9.97. The SMILES string of the molecule is Cc1cc2c(cc1C)[C@@H](NCc1nnc3n1CCCCC3)CCCO2. The molecule has 25 heavy (non-hydrogen) atoms. The van der Waals surface area contributed by atoms with Crippen LogP contribution in [-0.2, 0) is 19.5 Å². The van der Waals surface area contributed by atoms with E-state index in [1.54, 1.807) is 0 Å². The van der Waals surface area contributed by atoms with Gasteiger partial charge in [0, 0.05) is 24.6 Å². The molecule has 0 radical (unpaired) electrons. The molecule has 5 heteroatoms. The van der Waals surface area contributed by atoms with Crippen molar-refractivity contribution in [3.05, 3.63) is 40.5 Å². The van der Waals surface area contributed by atoms with Gasteiger partial charge in [-0.1, -0.05) is 12.5 Å². The van der Waals surface area contributed by atoms with E-state index in [0.29, 0.717) is 6.04 Å². The summed E-state index contributed by atoms with van der Waals surface area (Å²) in [6, 6.07) is 4.79. The fourth-order valence-electron chi connectivity index (χ4n) is 3.94. The summed E-state index contributed by atoms with van der Waals surface area (Å²) in [6.07, 6.45) is 6.99. The average Bonchev–Trinajstić information content (AvgIpc) is 2.77. The Balaban J connectivity index is 1.54. The molecule has 0 aliphatic carbocycles. The molecule has 0 saturated heterocycles. The van der Waals surface area contributed by atoms with E-state index >= 15 is 0 Å². The summed E-state index contributed by atoms with van der Waals surface area (Å²) in [5, 5.41) is 12.6. The van der Waals surface area contributed by atoms with E-state index < -0.39 is 0 Å². The average molecular weight is 340 g/mol. The fraction of sp³-hybridized carbons (Fsp3) is 0.600. The van der Waals surface area contributed by atoms with Crippen LogP contribution in [-0.4, -0.2) is 21.4 Å². The molecule has 0 amide bonds. The molecule has 0 fully saturated rings. The second kappa shape index (κ2) is 7.16. The summed E-state index contributed by atoms with van der Waals surface area (Å²) in [7, 11) is 0. The first-order valence-corrected chi connectivity index (χ1v) is 9.60. The molecular weight excluding hydrogens is 312 g/mol. The fourth-order valence-corrected chi connectivity index (χ4v) is 3.94. The van der Waals surface area contributed by atoms with Crippen molar-refractivity contribution in [2.24, 2.45) is 0 Å². The van der Waals surface area contributed by atoms with Gasteiger partial charge in [0.2, 0.25) is 0 Å². The van der Waals surface area contributed by atoms with Crippen LogP contribution < -0.4 is 10.1 Å². The number of hydrogen-bond donors (Lipinski definition) is 1. The molecule has 1 aromatic carbocycles. The highest BCUT2D eigenvalue weighted by atomic mass is 16.5. The Morgan fingerprint density at radius 3 is 2.92 bits per heavy atom. The lowest BCUT2D eigenvalue weighted by molar-refractivity contribution is 0.315. The van der Waals surface area contributed by atoms with Gasteiger partial charge >= 0.3 is 0 Å². The lowest BCUT2D eigenvalue weighted by Gasteiger charge is -2.20. The maximum absolute atomic E-state index is 5.99. The molecular formula is C20H28N4O. The highest BCUT2D eigenvalue weighted by Gasteiger charge is 2.22. The van der Waals surface area contributed by atoms with Crippen LogP contribution in [0.1, 0.15) is 66.5 Å². The number of aryl methyl sites for hydroxylation is 3. The third kappa shape index (κ3) is 3.43. The van der Waals surface area contributed by atoms with Gasteiger partial charge in [-0.25, -0.2) is 0 Å². The minimum atomic E-state index is 0.315. The van der Waals surface area contributed by atoms with Crippen molar-refractivity contribution >= 4 is 0 Å². The van der Waals surface area contributed by atoms with Crippen LogP contribution in [0.15, 0.2) is 12.1 Å². The summed E-state index contributed by atoms with van der Waals surface area (Å²) in [5.74, 6) is 3.27. The predicted octanol–water partition coefficient (Wildman–Crippen LogP) is 3.62. The van der Waals surface area contributed by atoms with Gasteiger partial charge in [-0.2, -0.15) is 0 Å². The molecule has 4 rings (SSSR count). The van der Waals surface area contributed by atoms with Gasteiger partial charge in [0.15, 0.2) is 0 Å². The van der Waals surface area contributed by atoms with Crippen molar-refractivity contribution in [1.82, 2.24) is 20.1 Å². The van der Waals surface area contributed by atoms with Crippen molar-refractivity contribution in [2.75, 3.05) is 6.61 Å². The van der Waals surface area contributed by atoms with Gasteiger partial charge < -0.3 is 14.6 Å². The minimum absolute atomic E-state index is 0.315. The van der Waals surface area contributed by atoms with Crippen LogP contribution in [0.25, 0.3) is 0 Å². The zero-order valence-electron chi connectivity index (χ0n) is 15.3. The minimum Gasteiger partial charge on any atom is -0.493 e. The Bertz CT molecular complexity index is 752. The van der Waals surface area contributed by atoms with E-state index in [9.17, 15) is 0 Å². The predicted molar refractivity (Wildman–Crippen MR) is 97.8 cm³/mol. The first-order chi connectivity index (χ1) is 12.2. The number of nitrogens with one attached hydrogen (secondary N) is 1. The molecule has 1 aromatic heterocycles. The van der Waals surface area contributed by atoms with Crippen molar-refractivity contribution in [3.63, 3.8) is 0 Å². The van der Waals surface area contributed by atoms with Gasteiger partial charge in [0.1, 0.15) is 17.4 Å². The van der Waals surface area contributed by atoms with Crippen molar-refractivity contribution in [1.29, 1.82) is 0 Å². The second-order valence-corrected chi connectivity index (χ2v) is 7.39. The molecule has 3 heterocycles.